The Labute approximate surface area is 183 Å². The van der Waals surface area contributed by atoms with Gasteiger partial charge in [-0.15, -0.1) is 0 Å². The zero-order chi connectivity index (χ0) is 23.2. The number of carbonyl (C=O) groups excluding carboxylic acids is 3. The summed E-state index contributed by atoms with van der Waals surface area (Å²) in [4.78, 5) is 36.7. The molecule has 174 valence electrons. The second kappa shape index (κ2) is 10.8. The Hall–Kier alpha value is -2.40. The van der Waals surface area contributed by atoms with Gasteiger partial charge in [0.25, 0.3) is 5.91 Å². The van der Waals surface area contributed by atoms with Crippen molar-refractivity contribution in [1.29, 1.82) is 0 Å². The lowest BCUT2D eigenvalue weighted by Gasteiger charge is -2.23. The number of ether oxygens (including phenoxy) is 1. The molecule has 11 heteroatoms. The molecule has 1 aromatic rings. The van der Waals surface area contributed by atoms with Gasteiger partial charge in [-0.2, -0.15) is 4.31 Å². The number of rotatable bonds is 8. The molecule has 31 heavy (non-hydrogen) atoms. The minimum atomic E-state index is -3.74. The lowest BCUT2D eigenvalue weighted by Crippen LogP contribution is -2.48. The molecule has 0 aromatic carbocycles. The van der Waals surface area contributed by atoms with E-state index in [0.29, 0.717) is 13.1 Å². The highest BCUT2D eigenvalue weighted by Crippen LogP contribution is 2.19. The number of esters is 1. The summed E-state index contributed by atoms with van der Waals surface area (Å²) in [5.74, 6) is -1.62. The minimum absolute atomic E-state index is 0.0166. The Balaban J connectivity index is 1.98. The van der Waals surface area contributed by atoms with Gasteiger partial charge >= 0.3 is 12.0 Å². The first-order valence-corrected chi connectivity index (χ1v) is 12.0. The molecule has 0 saturated heterocycles. The molecular weight excluding hydrogens is 424 g/mol. The number of imide groups is 1. The number of hydrogen-bond donors (Lipinski definition) is 2. The van der Waals surface area contributed by atoms with Crippen molar-refractivity contribution in [1.82, 2.24) is 19.5 Å². The zero-order valence-corrected chi connectivity index (χ0v) is 19.3. The van der Waals surface area contributed by atoms with Crippen molar-refractivity contribution in [3.05, 3.63) is 18.0 Å². The van der Waals surface area contributed by atoms with Crippen LogP contribution in [0.4, 0.5) is 4.79 Å². The van der Waals surface area contributed by atoms with Crippen molar-refractivity contribution in [2.24, 2.45) is 7.05 Å². The number of nitrogens with zero attached hydrogens (tertiary/aromatic N) is 2. The average Bonchev–Trinajstić information content (AvgIpc) is 3.12. The van der Waals surface area contributed by atoms with E-state index in [1.54, 1.807) is 13.8 Å². The van der Waals surface area contributed by atoms with Crippen molar-refractivity contribution in [3.8, 4) is 0 Å². The maximum Gasteiger partial charge on any atom is 0.355 e. The van der Waals surface area contributed by atoms with Gasteiger partial charge in [0.05, 0.1) is 0 Å². The number of aromatic nitrogens is 1. The molecule has 1 fully saturated rings. The van der Waals surface area contributed by atoms with E-state index >= 15 is 0 Å². The standard InChI is InChI=1S/C20H32N4O6S/c1-5-24(6-2)31(28,29)16-12-17(23(4)13-16)19(26)30-14(3)18(25)22-20(27)21-15-10-8-7-9-11-15/h12-15H,5-11H2,1-4H3,(H2,21,22,25,27). The number of hydrogen-bond acceptors (Lipinski definition) is 6. The minimum Gasteiger partial charge on any atom is -0.448 e. The fraction of sp³-hybridized carbons (Fsp3) is 0.650. The van der Waals surface area contributed by atoms with Crippen LogP contribution in [0.3, 0.4) is 0 Å². The SMILES string of the molecule is CCN(CC)S(=O)(=O)c1cc(C(=O)OC(C)C(=O)NC(=O)NC2CCCCC2)n(C)c1. The Bertz CT molecular complexity index is 901. The smallest absolute Gasteiger partial charge is 0.355 e. The highest BCUT2D eigenvalue weighted by atomic mass is 32.2. The van der Waals surface area contributed by atoms with E-state index in [2.05, 4.69) is 10.6 Å². The lowest BCUT2D eigenvalue weighted by atomic mass is 9.96. The molecule has 3 amide bonds. The molecule has 0 bridgehead atoms. The van der Waals surface area contributed by atoms with Crippen molar-refractivity contribution >= 4 is 27.9 Å². The summed E-state index contributed by atoms with van der Waals surface area (Å²) in [6, 6.07) is 0.636. The molecule has 1 unspecified atom stereocenters. The third-order valence-electron chi connectivity index (χ3n) is 5.36. The van der Waals surface area contributed by atoms with Gasteiger partial charge in [-0.1, -0.05) is 33.1 Å². The highest BCUT2D eigenvalue weighted by Gasteiger charge is 2.28. The number of urea groups is 1. The molecule has 1 atom stereocenters. The van der Waals surface area contributed by atoms with Crippen LogP contribution in [0.15, 0.2) is 17.2 Å². The number of sulfonamides is 1. The van der Waals surface area contributed by atoms with Crippen molar-refractivity contribution in [3.63, 3.8) is 0 Å². The Morgan fingerprint density at radius 1 is 1.19 bits per heavy atom. The van der Waals surface area contributed by atoms with Gasteiger partial charge in [0.15, 0.2) is 6.10 Å². The highest BCUT2D eigenvalue weighted by molar-refractivity contribution is 7.89. The van der Waals surface area contributed by atoms with Crippen molar-refractivity contribution in [2.75, 3.05) is 13.1 Å². The molecule has 2 N–H and O–H groups in total. The van der Waals surface area contributed by atoms with Gasteiger partial charge < -0.3 is 14.6 Å². The molecule has 1 heterocycles. The summed E-state index contributed by atoms with van der Waals surface area (Å²) in [6.45, 7) is 5.40. The first-order valence-electron chi connectivity index (χ1n) is 10.6. The van der Waals surface area contributed by atoms with E-state index in [1.165, 1.54) is 35.1 Å². The predicted molar refractivity (Wildman–Crippen MR) is 114 cm³/mol. The Kier molecular flexibility index (Phi) is 8.63. The van der Waals surface area contributed by atoms with Crippen molar-refractivity contribution in [2.45, 2.75) is 69.9 Å². The van der Waals surface area contributed by atoms with Crippen LogP contribution < -0.4 is 10.6 Å². The van der Waals surface area contributed by atoms with Crippen LogP contribution in [0, 0.1) is 0 Å². The monoisotopic (exact) mass is 456 g/mol. The summed E-state index contributed by atoms with van der Waals surface area (Å²) in [5.41, 5.74) is -0.0166. The summed E-state index contributed by atoms with van der Waals surface area (Å²) < 4.78 is 33.1. The van der Waals surface area contributed by atoms with Crippen LogP contribution in [-0.2, 0) is 26.6 Å². The maximum absolute atomic E-state index is 12.6. The van der Waals surface area contributed by atoms with Crippen LogP contribution >= 0.6 is 0 Å². The van der Waals surface area contributed by atoms with Gasteiger partial charge in [0.1, 0.15) is 10.6 Å². The van der Waals surface area contributed by atoms with Gasteiger partial charge in [-0.25, -0.2) is 18.0 Å². The van der Waals surface area contributed by atoms with E-state index in [-0.39, 0.29) is 16.6 Å². The van der Waals surface area contributed by atoms with Gasteiger partial charge in [0, 0.05) is 32.4 Å². The van der Waals surface area contributed by atoms with E-state index in [0.717, 1.165) is 32.1 Å². The summed E-state index contributed by atoms with van der Waals surface area (Å²) >= 11 is 0. The predicted octanol–water partition coefficient (Wildman–Crippen LogP) is 1.76. The van der Waals surface area contributed by atoms with Crippen LogP contribution in [0.25, 0.3) is 0 Å². The Morgan fingerprint density at radius 3 is 2.39 bits per heavy atom. The molecule has 0 spiro atoms. The third-order valence-corrected chi connectivity index (χ3v) is 7.38. The van der Waals surface area contributed by atoms with Crippen LogP contribution in [-0.4, -0.2) is 60.4 Å². The van der Waals surface area contributed by atoms with Crippen LogP contribution in [0.1, 0.15) is 63.4 Å². The lowest BCUT2D eigenvalue weighted by molar-refractivity contribution is -0.127. The number of carbonyl (C=O) groups is 3. The quantitative estimate of drug-likeness (QED) is 0.574. The van der Waals surface area contributed by atoms with E-state index in [1.807, 2.05) is 0 Å². The zero-order valence-electron chi connectivity index (χ0n) is 18.5. The van der Waals surface area contributed by atoms with Crippen LogP contribution in [0.5, 0.6) is 0 Å². The number of nitrogens with one attached hydrogen (secondary N) is 2. The van der Waals surface area contributed by atoms with Gasteiger partial charge in [0.2, 0.25) is 10.0 Å². The first-order chi connectivity index (χ1) is 14.6. The maximum atomic E-state index is 12.6. The van der Waals surface area contributed by atoms with Gasteiger partial charge in [-0.05, 0) is 25.8 Å². The molecule has 1 aromatic heterocycles. The van der Waals surface area contributed by atoms with Crippen molar-refractivity contribution < 1.29 is 27.5 Å². The topological polar surface area (TPSA) is 127 Å². The van der Waals surface area contributed by atoms with E-state index < -0.39 is 34.0 Å². The second-order valence-corrected chi connectivity index (χ2v) is 9.54. The molecule has 1 saturated carbocycles. The molecule has 1 aliphatic rings. The fourth-order valence-corrected chi connectivity index (χ4v) is 5.08. The van der Waals surface area contributed by atoms with Crippen LogP contribution in [0.2, 0.25) is 0 Å². The van der Waals surface area contributed by atoms with E-state index in [4.69, 9.17) is 4.74 Å². The molecule has 10 nitrogen and oxygen atoms in total. The summed E-state index contributed by atoms with van der Waals surface area (Å²) in [5, 5.41) is 4.94. The molecule has 0 aliphatic heterocycles. The first kappa shape index (κ1) is 24.9. The normalized spacial score (nSPS) is 16.0. The largest absolute Gasteiger partial charge is 0.448 e. The number of amides is 3. The molecule has 0 radical (unpaired) electrons. The third kappa shape index (κ3) is 6.30. The molecule has 1 aliphatic carbocycles. The van der Waals surface area contributed by atoms with E-state index in [9.17, 15) is 22.8 Å². The molecule has 2 rings (SSSR count). The molecular formula is C20H32N4O6S. The Morgan fingerprint density at radius 2 is 1.81 bits per heavy atom. The summed E-state index contributed by atoms with van der Waals surface area (Å²) in [6.07, 6.45) is 5.06. The second-order valence-electron chi connectivity index (χ2n) is 7.61. The fourth-order valence-electron chi connectivity index (χ4n) is 3.55. The average molecular weight is 457 g/mol. The van der Waals surface area contributed by atoms with Gasteiger partial charge in [-0.3, -0.25) is 10.1 Å². The summed E-state index contributed by atoms with van der Waals surface area (Å²) in [7, 11) is -2.22. The number of aryl methyl sites for hydroxylation is 1.